The molecule has 0 amide bonds. The molecule has 0 saturated heterocycles. The molecule has 0 aliphatic carbocycles. The van der Waals surface area contributed by atoms with Crippen molar-refractivity contribution < 1.29 is 8.42 Å². The van der Waals surface area contributed by atoms with E-state index in [1.165, 1.54) is 0 Å². The number of aromatic amines is 1. The highest BCUT2D eigenvalue weighted by Crippen LogP contribution is 2.00. The molecule has 0 atom stereocenters. The van der Waals surface area contributed by atoms with Gasteiger partial charge in [-0.2, -0.15) is 5.21 Å². The molecule has 96 valence electrons. The fourth-order valence-electron chi connectivity index (χ4n) is 1.31. The summed E-state index contributed by atoms with van der Waals surface area (Å²) in [7, 11) is -3.35. The van der Waals surface area contributed by atoms with Crippen LogP contribution in [-0.2, 0) is 23.0 Å². The Hall–Kier alpha value is -1.87. The number of hydrogen-bond acceptors (Lipinski definition) is 6. The van der Waals surface area contributed by atoms with Gasteiger partial charge in [-0.15, -0.1) is 10.2 Å². The number of rotatable bonds is 6. The predicted octanol–water partition coefficient (Wildman–Crippen LogP) is -0.743. The summed E-state index contributed by atoms with van der Waals surface area (Å²) in [6, 6.07) is 3.57. The van der Waals surface area contributed by atoms with Crippen LogP contribution in [-0.4, -0.2) is 39.8 Å². The fraction of sp³-hybridized carbons (Fsp3) is 0.333. The Kier molecular flexibility index (Phi) is 3.95. The van der Waals surface area contributed by atoms with Crippen molar-refractivity contribution in [3.8, 4) is 0 Å². The molecule has 0 aliphatic rings. The first kappa shape index (κ1) is 12.6. The van der Waals surface area contributed by atoms with Gasteiger partial charge in [-0.1, -0.05) is 5.21 Å². The maximum atomic E-state index is 11.7. The Balaban J connectivity index is 1.84. The van der Waals surface area contributed by atoms with Crippen molar-refractivity contribution >= 4 is 10.0 Å². The van der Waals surface area contributed by atoms with Crippen LogP contribution in [0.25, 0.3) is 0 Å². The summed E-state index contributed by atoms with van der Waals surface area (Å²) in [5, 5.41) is 12.9. The molecule has 9 heteroatoms. The van der Waals surface area contributed by atoms with Crippen molar-refractivity contribution in [2.45, 2.75) is 13.0 Å². The van der Waals surface area contributed by atoms with Crippen LogP contribution in [0.15, 0.2) is 24.5 Å². The van der Waals surface area contributed by atoms with Crippen molar-refractivity contribution in [2.75, 3.05) is 5.75 Å². The first-order valence-corrected chi connectivity index (χ1v) is 6.89. The van der Waals surface area contributed by atoms with Gasteiger partial charge in [-0.25, -0.2) is 13.1 Å². The lowest BCUT2D eigenvalue weighted by atomic mass is 10.2. The van der Waals surface area contributed by atoms with Gasteiger partial charge >= 0.3 is 0 Å². The quantitative estimate of drug-likeness (QED) is 0.713. The number of aromatic nitrogens is 5. The van der Waals surface area contributed by atoms with Gasteiger partial charge in [-0.3, -0.25) is 4.98 Å². The largest absolute Gasteiger partial charge is 0.265 e. The summed E-state index contributed by atoms with van der Waals surface area (Å²) in [5.41, 5.74) is 0.926. The van der Waals surface area contributed by atoms with Crippen molar-refractivity contribution in [1.29, 1.82) is 0 Å². The summed E-state index contributed by atoms with van der Waals surface area (Å²) in [6.45, 7) is 0.0369. The predicted molar refractivity (Wildman–Crippen MR) is 62.7 cm³/mol. The molecule has 0 bridgehead atoms. The van der Waals surface area contributed by atoms with E-state index >= 15 is 0 Å². The minimum atomic E-state index is -3.35. The van der Waals surface area contributed by atoms with Crippen LogP contribution in [0, 0.1) is 0 Å². The van der Waals surface area contributed by atoms with E-state index in [1.807, 2.05) is 0 Å². The summed E-state index contributed by atoms with van der Waals surface area (Å²) >= 11 is 0. The van der Waals surface area contributed by atoms with Gasteiger partial charge in [0.2, 0.25) is 10.0 Å². The van der Waals surface area contributed by atoms with E-state index in [0.717, 1.165) is 5.56 Å². The number of sulfonamides is 1. The van der Waals surface area contributed by atoms with E-state index in [9.17, 15) is 8.42 Å². The van der Waals surface area contributed by atoms with E-state index in [4.69, 9.17) is 0 Å². The number of nitrogens with zero attached hydrogens (tertiary/aromatic N) is 4. The summed E-state index contributed by atoms with van der Waals surface area (Å²) < 4.78 is 25.8. The van der Waals surface area contributed by atoms with Crippen molar-refractivity contribution in [1.82, 2.24) is 30.3 Å². The molecule has 2 aromatic heterocycles. The van der Waals surface area contributed by atoms with E-state index < -0.39 is 10.0 Å². The molecule has 0 spiro atoms. The number of nitrogens with one attached hydrogen (secondary N) is 2. The van der Waals surface area contributed by atoms with Crippen LogP contribution in [0.3, 0.4) is 0 Å². The van der Waals surface area contributed by atoms with E-state index in [2.05, 4.69) is 30.3 Å². The lowest BCUT2D eigenvalue weighted by molar-refractivity contribution is 0.578. The van der Waals surface area contributed by atoms with E-state index in [-0.39, 0.29) is 12.3 Å². The highest BCUT2D eigenvalue weighted by molar-refractivity contribution is 7.89. The van der Waals surface area contributed by atoms with E-state index in [1.54, 1.807) is 24.5 Å². The highest BCUT2D eigenvalue weighted by atomic mass is 32.2. The molecule has 2 aromatic rings. The molecule has 0 fully saturated rings. The topological polar surface area (TPSA) is 114 Å². The number of H-pyrrole nitrogens is 1. The Morgan fingerprint density at radius 1 is 1.28 bits per heavy atom. The number of hydrogen-bond donors (Lipinski definition) is 2. The average molecular weight is 268 g/mol. The normalized spacial score (nSPS) is 11.6. The molecule has 18 heavy (non-hydrogen) atoms. The maximum absolute atomic E-state index is 11.7. The van der Waals surface area contributed by atoms with Gasteiger partial charge in [-0.05, 0) is 24.1 Å². The summed E-state index contributed by atoms with van der Waals surface area (Å²) in [4.78, 5) is 3.87. The fourth-order valence-corrected chi connectivity index (χ4v) is 2.30. The molecular weight excluding hydrogens is 256 g/mol. The minimum absolute atomic E-state index is 0.00879. The molecule has 0 saturated carbocycles. The summed E-state index contributed by atoms with van der Waals surface area (Å²) in [6.07, 6.45) is 3.70. The van der Waals surface area contributed by atoms with Gasteiger partial charge in [0.15, 0.2) is 5.82 Å². The van der Waals surface area contributed by atoms with Crippen molar-refractivity contribution in [3.05, 3.63) is 35.9 Å². The Labute approximate surface area is 104 Å². The Bertz CT molecular complexity index is 568. The second kappa shape index (κ2) is 5.65. The zero-order chi connectivity index (χ0) is 12.8. The van der Waals surface area contributed by atoms with Crippen molar-refractivity contribution in [2.24, 2.45) is 0 Å². The van der Waals surface area contributed by atoms with Gasteiger partial charge in [0.05, 0.1) is 12.3 Å². The Morgan fingerprint density at radius 2 is 2.06 bits per heavy atom. The minimum Gasteiger partial charge on any atom is -0.265 e. The lowest BCUT2D eigenvalue weighted by Gasteiger charge is -2.04. The molecule has 2 N–H and O–H groups in total. The van der Waals surface area contributed by atoms with Gasteiger partial charge in [0.1, 0.15) is 0 Å². The molecule has 2 heterocycles. The molecule has 0 aliphatic heterocycles. The lowest BCUT2D eigenvalue weighted by Crippen LogP contribution is -2.27. The standard InChI is InChI=1S/C9H12N6O2S/c16-18(17,11-7-9-12-14-15-13-9)6-3-8-1-4-10-5-2-8/h1-2,4-5,11H,3,6-7H2,(H,12,13,14,15). The third-order valence-electron chi connectivity index (χ3n) is 2.25. The smallest absolute Gasteiger partial charge is 0.212 e. The van der Waals surface area contributed by atoms with Gasteiger partial charge in [0, 0.05) is 12.4 Å². The second-order valence-corrected chi connectivity index (χ2v) is 5.50. The zero-order valence-corrected chi connectivity index (χ0v) is 10.3. The van der Waals surface area contributed by atoms with Crippen LogP contribution in [0.5, 0.6) is 0 Å². The third kappa shape index (κ3) is 3.86. The Morgan fingerprint density at radius 3 is 2.72 bits per heavy atom. The van der Waals surface area contributed by atoms with Crippen LogP contribution in [0.2, 0.25) is 0 Å². The first-order chi connectivity index (χ1) is 8.66. The first-order valence-electron chi connectivity index (χ1n) is 5.24. The second-order valence-electron chi connectivity index (χ2n) is 3.57. The molecular formula is C9H12N6O2S. The zero-order valence-electron chi connectivity index (χ0n) is 9.44. The number of tetrazole rings is 1. The maximum Gasteiger partial charge on any atom is 0.212 e. The van der Waals surface area contributed by atoms with Crippen LogP contribution in [0.1, 0.15) is 11.4 Å². The molecule has 0 unspecified atom stereocenters. The SMILES string of the molecule is O=S(=O)(CCc1ccncc1)NCc1nn[nH]n1. The average Bonchev–Trinajstić information content (AvgIpc) is 2.89. The van der Waals surface area contributed by atoms with E-state index in [0.29, 0.717) is 12.2 Å². The monoisotopic (exact) mass is 268 g/mol. The van der Waals surface area contributed by atoms with Gasteiger partial charge < -0.3 is 0 Å². The van der Waals surface area contributed by atoms with Gasteiger partial charge in [0.25, 0.3) is 0 Å². The van der Waals surface area contributed by atoms with Crippen LogP contribution >= 0.6 is 0 Å². The third-order valence-corrected chi connectivity index (χ3v) is 3.57. The number of aryl methyl sites for hydroxylation is 1. The van der Waals surface area contributed by atoms with Crippen LogP contribution in [0.4, 0.5) is 0 Å². The molecule has 0 aromatic carbocycles. The van der Waals surface area contributed by atoms with Crippen molar-refractivity contribution in [3.63, 3.8) is 0 Å². The number of pyridine rings is 1. The molecule has 0 radical (unpaired) electrons. The molecule has 2 rings (SSSR count). The summed E-state index contributed by atoms with van der Waals surface area (Å²) in [5.74, 6) is 0.317. The highest BCUT2D eigenvalue weighted by Gasteiger charge is 2.11. The molecule has 8 nitrogen and oxygen atoms in total. The van der Waals surface area contributed by atoms with Crippen LogP contribution < -0.4 is 4.72 Å².